The monoisotopic (exact) mass is 390 g/mol. The summed E-state index contributed by atoms with van der Waals surface area (Å²) in [4.78, 5) is 47.0. The molecule has 0 fully saturated rings. The highest BCUT2D eigenvalue weighted by Gasteiger charge is 2.27. The number of carbonyl (C=O) groups excluding carboxylic acids is 3. The molecule has 0 atom stereocenters. The largest absolute Gasteiger partial charge is 0.452 e. The second kappa shape index (κ2) is 7.31. The van der Waals surface area contributed by atoms with Gasteiger partial charge in [-0.25, -0.2) is 14.8 Å². The van der Waals surface area contributed by atoms with Crippen molar-refractivity contribution >= 4 is 40.2 Å². The van der Waals surface area contributed by atoms with Crippen molar-refractivity contribution in [3.63, 3.8) is 0 Å². The van der Waals surface area contributed by atoms with Crippen molar-refractivity contribution in [2.45, 2.75) is 13.8 Å². The number of nitrogens with one attached hydrogen (secondary N) is 1. The van der Waals surface area contributed by atoms with Crippen LogP contribution in [0, 0.1) is 13.8 Å². The molecule has 4 rings (SSSR count). The van der Waals surface area contributed by atoms with Gasteiger partial charge >= 0.3 is 5.97 Å². The van der Waals surface area contributed by atoms with Crippen LogP contribution in [0.15, 0.2) is 42.5 Å². The molecule has 0 aliphatic carbocycles. The summed E-state index contributed by atoms with van der Waals surface area (Å²) >= 11 is 0. The lowest BCUT2D eigenvalue weighted by Gasteiger charge is -2.28. The van der Waals surface area contributed by atoms with Gasteiger partial charge < -0.3 is 10.1 Å². The lowest BCUT2D eigenvalue weighted by molar-refractivity contribution is -0.124. The molecule has 0 saturated heterocycles. The SMILES string of the molecule is Cc1nc2ccc(C(=O)OCC(=O)N3CC(=O)Nc4ccccc43)cc2nc1C. The number of ether oxygens (including phenoxy) is 1. The van der Waals surface area contributed by atoms with Gasteiger partial charge in [-0.05, 0) is 44.2 Å². The molecule has 3 aromatic rings. The molecule has 2 aromatic carbocycles. The van der Waals surface area contributed by atoms with Crippen LogP contribution < -0.4 is 10.2 Å². The van der Waals surface area contributed by atoms with Gasteiger partial charge in [-0.1, -0.05) is 12.1 Å². The highest BCUT2D eigenvalue weighted by Crippen LogP contribution is 2.28. The highest BCUT2D eigenvalue weighted by molar-refractivity contribution is 6.10. The van der Waals surface area contributed by atoms with E-state index < -0.39 is 18.5 Å². The first-order chi connectivity index (χ1) is 13.9. The van der Waals surface area contributed by atoms with Gasteiger partial charge in [0.15, 0.2) is 6.61 Å². The maximum absolute atomic E-state index is 12.6. The van der Waals surface area contributed by atoms with Crippen molar-refractivity contribution in [3.8, 4) is 0 Å². The molecular weight excluding hydrogens is 372 g/mol. The molecule has 0 spiro atoms. The van der Waals surface area contributed by atoms with Crippen molar-refractivity contribution in [1.29, 1.82) is 0 Å². The number of hydrogen-bond acceptors (Lipinski definition) is 6. The van der Waals surface area contributed by atoms with E-state index in [0.717, 1.165) is 11.4 Å². The van der Waals surface area contributed by atoms with Gasteiger partial charge in [0, 0.05) is 0 Å². The van der Waals surface area contributed by atoms with E-state index in [2.05, 4.69) is 15.3 Å². The Morgan fingerprint density at radius 2 is 1.79 bits per heavy atom. The van der Waals surface area contributed by atoms with Crippen molar-refractivity contribution in [2.24, 2.45) is 0 Å². The van der Waals surface area contributed by atoms with Gasteiger partial charge in [-0.2, -0.15) is 0 Å². The second-order valence-electron chi connectivity index (χ2n) is 6.72. The van der Waals surface area contributed by atoms with Crippen LogP contribution in [0.3, 0.4) is 0 Å². The molecule has 2 heterocycles. The van der Waals surface area contributed by atoms with Gasteiger partial charge in [-0.3, -0.25) is 14.5 Å². The molecule has 0 radical (unpaired) electrons. The number of benzene rings is 2. The van der Waals surface area contributed by atoms with E-state index >= 15 is 0 Å². The summed E-state index contributed by atoms with van der Waals surface area (Å²) in [7, 11) is 0. The minimum atomic E-state index is -0.643. The Bertz CT molecular complexity index is 1160. The number of fused-ring (bicyclic) bond motifs is 2. The first-order valence-electron chi connectivity index (χ1n) is 9.04. The number of rotatable bonds is 3. The first-order valence-corrected chi connectivity index (χ1v) is 9.04. The van der Waals surface area contributed by atoms with Gasteiger partial charge in [0.05, 0.1) is 39.4 Å². The number of aryl methyl sites for hydroxylation is 2. The van der Waals surface area contributed by atoms with E-state index in [9.17, 15) is 14.4 Å². The Morgan fingerprint density at radius 3 is 2.59 bits per heavy atom. The lowest BCUT2D eigenvalue weighted by atomic mass is 10.2. The third-order valence-corrected chi connectivity index (χ3v) is 4.71. The predicted molar refractivity (Wildman–Crippen MR) is 107 cm³/mol. The molecule has 2 amide bonds. The van der Waals surface area contributed by atoms with E-state index in [1.807, 2.05) is 13.8 Å². The molecule has 0 bridgehead atoms. The quantitative estimate of drug-likeness (QED) is 0.689. The minimum absolute atomic E-state index is 0.127. The third-order valence-electron chi connectivity index (χ3n) is 4.71. The number of hydrogen-bond donors (Lipinski definition) is 1. The molecule has 29 heavy (non-hydrogen) atoms. The average Bonchev–Trinajstić information content (AvgIpc) is 2.71. The summed E-state index contributed by atoms with van der Waals surface area (Å²) < 4.78 is 5.19. The fraction of sp³-hybridized carbons (Fsp3) is 0.190. The summed E-state index contributed by atoms with van der Waals surface area (Å²) in [6.45, 7) is 3.11. The van der Waals surface area contributed by atoms with Crippen LogP contribution in [0.2, 0.25) is 0 Å². The lowest BCUT2D eigenvalue weighted by Crippen LogP contribution is -2.44. The number of anilines is 2. The topological polar surface area (TPSA) is 101 Å². The van der Waals surface area contributed by atoms with E-state index in [0.29, 0.717) is 22.4 Å². The van der Waals surface area contributed by atoms with Gasteiger partial charge in [0.1, 0.15) is 6.54 Å². The fourth-order valence-electron chi connectivity index (χ4n) is 3.10. The van der Waals surface area contributed by atoms with Crippen LogP contribution in [-0.4, -0.2) is 40.9 Å². The molecule has 0 saturated carbocycles. The van der Waals surface area contributed by atoms with Gasteiger partial charge in [-0.15, -0.1) is 0 Å². The van der Waals surface area contributed by atoms with Crippen LogP contribution in [0.4, 0.5) is 11.4 Å². The maximum Gasteiger partial charge on any atom is 0.338 e. The highest BCUT2D eigenvalue weighted by atomic mass is 16.5. The molecule has 1 aliphatic rings. The molecule has 146 valence electrons. The van der Waals surface area contributed by atoms with E-state index in [4.69, 9.17) is 4.74 Å². The van der Waals surface area contributed by atoms with Gasteiger partial charge in [0.25, 0.3) is 5.91 Å². The average molecular weight is 390 g/mol. The molecule has 1 aromatic heterocycles. The maximum atomic E-state index is 12.6. The molecule has 8 heteroatoms. The molecule has 1 N–H and O–H groups in total. The number of para-hydroxylation sites is 2. The molecular formula is C21H18N4O4. The summed E-state index contributed by atoms with van der Waals surface area (Å²) in [6.07, 6.45) is 0. The van der Waals surface area contributed by atoms with E-state index in [1.165, 1.54) is 4.90 Å². The van der Waals surface area contributed by atoms with Crippen molar-refractivity contribution in [3.05, 3.63) is 59.4 Å². The van der Waals surface area contributed by atoms with Crippen molar-refractivity contribution in [2.75, 3.05) is 23.4 Å². The third kappa shape index (κ3) is 3.64. The standard InChI is InChI=1S/C21H18N4O4/c1-12-13(2)23-17-9-14(7-8-15(17)22-12)21(28)29-11-20(27)25-10-19(26)24-16-5-3-4-6-18(16)25/h3-9H,10-11H2,1-2H3,(H,24,26). The predicted octanol–water partition coefficient (Wildman–Crippen LogP) is 2.39. The second-order valence-corrected chi connectivity index (χ2v) is 6.72. The Balaban J connectivity index is 1.48. The van der Waals surface area contributed by atoms with Crippen LogP contribution in [0.1, 0.15) is 21.7 Å². The summed E-state index contributed by atoms with van der Waals surface area (Å²) in [5.41, 5.74) is 4.25. The van der Waals surface area contributed by atoms with Crippen LogP contribution >= 0.6 is 0 Å². The van der Waals surface area contributed by atoms with E-state index in [-0.39, 0.29) is 18.0 Å². The Labute approximate surface area is 166 Å². The Kier molecular flexibility index (Phi) is 4.67. The number of aromatic nitrogens is 2. The van der Waals surface area contributed by atoms with Crippen molar-refractivity contribution in [1.82, 2.24) is 9.97 Å². The zero-order chi connectivity index (χ0) is 20.5. The fourth-order valence-corrected chi connectivity index (χ4v) is 3.10. The number of esters is 1. The minimum Gasteiger partial charge on any atom is -0.452 e. The Morgan fingerprint density at radius 1 is 1.07 bits per heavy atom. The summed E-state index contributed by atoms with van der Waals surface area (Å²) in [6, 6.07) is 11.8. The van der Waals surface area contributed by atoms with E-state index in [1.54, 1.807) is 42.5 Å². The molecule has 1 aliphatic heterocycles. The number of nitrogens with zero attached hydrogens (tertiary/aromatic N) is 3. The number of amides is 2. The van der Waals surface area contributed by atoms with Crippen LogP contribution in [-0.2, 0) is 14.3 Å². The van der Waals surface area contributed by atoms with Crippen LogP contribution in [0.25, 0.3) is 11.0 Å². The summed E-state index contributed by atoms with van der Waals surface area (Å²) in [5.74, 6) is -1.43. The number of carbonyl (C=O) groups is 3. The Hall–Kier alpha value is -3.81. The van der Waals surface area contributed by atoms with Crippen LogP contribution in [0.5, 0.6) is 0 Å². The molecule has 8 nitrogen and oxygen atoms in total. The summed E-state index contributed by atoms with van der Waals surface area (Å²) in [5, 5.41) is 2.71. The first kappa shape index (κ1) is 18.5. The zero-order valence-electron chi connectivity index (χ0n) is 15.9. The normalized spacial score (nSPS) is 13.0. The smallest absolute Gasteiger partial charge is 0.338 e. The van der Waals surface area contributed by atoms with Gasteiger partial charge in [0.2, 0.25) is 5.91 Å². The molecule has 0 unspecified atom stereocenters. The zero-order valence-corrected chi connectivity index (χ0v) is 15.9. The van der Waals surface area contributed by atoms with Crippen molar-refractivity contribution < 1.29 is 19.1 Å².